The topological polar surface area (TPSA) is 50.1 Å². The van der Waals surface area contributed by atoms with Gasteiger partial charge in [0.05, 0.1) is 19.3 Å². The quantitative estimate of drug-likeness (QED) is 0.772. The fourth-order valence-electron chi connectivity index (χ4n) is 1.68. The number of halogens is 2. The van der Waals surface area contributed by atoms with Gasteiger partial charge in [0.2, 0.25) is 0 Å². The van der Waals surface area contributed by atoms with E-state index in [0.717, 1.165) is 11.3 Å². The summed E-state index contributed by atoms with van der Waals surface area (Å²) < 4.78 is 26.0. The summed E-state index contributed by atoms with van der Waals surface area (Å²) in [5.74, 6) is -2.40. The van der Waals surface area contributed by atoms with Crippen LogP contribution in [-0.4, -0.2) is 27.3 Å². The van der Waals surface area contributed by atoms with Crippen LogP contribution in [0.3, 0.4) is 0 Å². The Morgan fingerprint density at radius 3 is 2.70 bits per heavy atom. The Bertz CT molecular complexity index is 531. The van der Waals surface area contributed by atoms with Crippen LogP contribution in [0.2, 0.25) is 0 Å². The van der Waals surface area contributed by atoms with Crippen LogP contribution < -0.4 is 5.32 Å². The van der Waals surface area contributed by atoms with Crippen molar-refractivity contribution in [2.24, 2.45) is 0 Å². The lowest BCUT2D eigenvalue weighted by Crippen LogP contribution is -2.02. The lowest BCUT2D eigenvalue weighted by Gasteiger charge is -2.06. The van der Waals surface area contributed by atoms with Gasteiger partial charge in [-0.15, -0.1) is 0 Å². The van der Waals surface area contributed by atoms with E-state index >= 15 is 0 Å². The highest BCUT2D eigenvalue weighted by Gasteiger charge is 2.04. The van der Waals surface area contributed by atoms with Crippen LogP contribution in [0.1, 0.15) is 5.56 Å². The number of hydrogen-bond donors (Lipinski definition) is 2. The van der Waals surface area contributed by atoms with Crippen molar-refractivity contribution in [3.05, 3.63) is 42.2 Å². The van der Waals surface area contributed by atoms with Gasteiger partial charge in [0, 0.05) is 28.9 Å². The molecule has 0 saturated carbocycles. The van der Waals surface area contributed by atoms with Gasteiger partial charge in [-0.05, 0) is 24.3 Å². The van der Waals surface area contributed by atoms with Crippen molar-refractivity contribution in [2.75, 3.05) is 11.9 Å². The highest BCUT2D eigenvalue weighted by atomic mass is 32.2. The van der Waals surface area contributed by atoms with Crippen LogP contribution in [0.5, 0.6) is 0 Å². The number of anilines is 1. The minimum Gasteiger partial charge on any atom is -0.394 e. The van der Waals surface area contributed by atoms with Crippen LogP contribution >= 0.6 is 11.8 Å². The number of alkyl halides is 2. The third-order valence-corrected chi connectivity index (χ3v) is 3.31. The first-order valence-corrected chi connectivity index (χ1v) is 6.96. The first-order chi connectivity index (χ1) is 9.67. The fraction of sp³-hybridized carbons (Fsp3) is 0.308. The van der Waals surface area contributed by atoms with Gasteiger partial charge in [0.1, 0.15) is 0 Å². The molecule has 20 heavy (non-hydrogen) atoms. The molecule has 1 aromatic heterocycles. The lowest BCUT2D eigenvalue weighted by molar-refractivity contribution is 0.252. The summed E-state index contributed by atoms with van der Waals surface area (Å²) in [6.07, 6.45) is 3.58. The lowest BCUT2D eigenvalue weighted by atomic mass is 10.3. The summed E-state index contributed by atoms with van der Waals surface area (Å²) in [4.78, 5) is 0.543. The monoisotopic (exact) mass is 299 g/mol. The molecule has 2 N–H and O–H groups in total. The first kappa shape index (κ1) is 14.8. The molecule has 0 atom stereocenters. The standard InChI is InChI=1S/C13H15F2N3OS/c14-13(15)20-12-3-1-11(2-4-12)16-7-10-8-17-18(9-10)5-6-19/h1-4,8-9,13,16,19H,5-7H2. The molecule has 7 heteroatoms. The summed E-state index contributed by atoms with van der Waals surface area (Å²) in [7, 11) is 0. The second kappa shape index (κ2) is 7.25. The van der Waals surface area contributed by atoms with Crippen LogP contribution in [0.15, 0.2) is 41.6 Å². The summed E-state index contributed by atoms with van der Waals surface area (Å²) in [6.45, 7) is 1.12. The van der Waals surface area contributed by atoms with Crippen LogP contribution in [0.25, 0.3) is 0 Å². The molecule has 0 saturated heterocycles. The molecule has 1 aromatic carbocycles. The number of thioether (sulfide) groups is 1. The van der Waals surface area contributed by atoms with Crippen molar-refractivity contribution in [2.45, 2.75) is 23.7 Å². The summed E-state index contributed by atoms with van der Waals surface area (Å²) >= 11 is 0.532. The molecule has 0 bridgehead atoms. The van der Waals surface area contributed by atoms with Gasteiger partial charge in [-0.2, -0.15) is 13.9 Å². The van der Waals surface area contributed by atoms with Crippen LogP contribution in [0, 0.1) is 0 Å². The number of aliphatic hydroxyl groups excluding tert-OH is 1. The molecule has 4 nitrogen and oxygen atoms in total. The molecule has 0 unspecified atom stereocenters. The Hall–Kier alpha value is -1.60. The third-order valence-electron chi connectivity index (χ3n) is 2.59. The minimum atomic E-state index is -2.40. The predicted molar refractivity (Wildman–Crippen MR) is 74.9 cm³/mol. The largest absolute Gasteiger partial charge is 0.394 e. The van der Waals surface area contributed by atoms with Gasteiger partial charge in [0.15, 0.2) is 0 Å². The third kappa shape index (κ3) is 4.50. The van der Waals surface area contributed by atoms with Crippen molar-refractivity contribution < 1.29 is 13.9 Å². The van der Waals surface area contributed by atoms with Gasteiger partial charge in [0.25, 0.3) is 5.76 Å². The molecule has 0 aliphatic carbocycles. The highest BCUT2D eigenvalue weighted by molar-refractivity contribution is 7.99. The predicted octanol–water partition coefficient (Wildman–Crippen LogP) is 2.80. The zero-order chi connectivity index (χ0) is 14.4. The molecule has 108 valence electrons. The molecular formula is C13H15F2N3OS. The van der Waals surface area contributed by atoms with Crippen LogP contribution in [0.4, 0.5) is 14.5 Å². The van der Waals surface area contributed by atoms with Gasteiger partial charge >= 0.3 is 0 Å². The Morgan fingerprint density at radius 2 is 2.05 bits per heavy atom. The van der Waals surface area contributed by atoms with Crippen molar-refractivity contribution in [1.29, 1.82) is 0 Å². The van der Waals surface area contributed by atoms with Gasteiger partial charge in [-0.1, -0.05) is 11.8 Å². The smallest absolute Gasteiger partial charge is 0.288 e. The molecule has 0 amide bonds. The Kier molecular flexibility index (Phi) is 5.37. The van der Waals surface area contributed by atoms with E-state index in [-0.39, 0.29) is 6.61 Å². The molecule has 0 aliphatic rings. The average molecular weight is 299 g/mol. The molecule has 0 spiro atoms. The SMILES string of the molecule is OCCn1cc(CNc2ccc(SC(F)F)cc2)cn1. The van der Waals surface area contributed by atoms with E-state index in [1.54, 1.807) is 35.1 Å². The van der Waals surface area contributed by atoms with E-state index in [1.807, 2.05) is 6.20 Å². The van der Waals surface area contributed by atoms with Gasteiger partial charge in [-0.3, -0.25) is 4.68 Å². The fourth-order valence-corrected chi connectivity index (χ4v) is 2.18. The van der Waals surface area contributed by atoms with Crippen LogP contribution in [-0.2, 0) is 13.1 Å². The highest BCUT2D eigenvalue weighted by Crippen LogP contribution is 2.26. The number of nitrogens with one attached hydrogen (secondary N) is 1. The molecular weight excluding hydrogens is 284 g/mol. The number of aromatic nitrogens is 2. The maximum absolute atomic E-state index is 12.2. The minimum absolute atomic E-state index is 0.0534. The van der Waals surface area contributed by atoms with Crippen molar-refractivity contribution in [3.63, 3.8) is 0 Å². The van der Waals surface area contributed by atoms with Crippen molar-refractivity contribution >= 4 is 17.4 Å². The summed E-state index contributed by atoms with van der Waals surface area (Å²) in [5.41, 5.74) is 1.85. The first-order valence-electron chi connectivity index (χ1n) is 6.08. The normalized spacial score (nSPS) is 11.0. The summed E-state index contributed by atoms with van der Waals surface area (Å²) in [6, 6.07) is 6.86. The van der Waals surface area contributed by atoms with Gasteiger partial charge < -0.3 is 10.4 Å². The van der Waals surface area contributed by atoms with E-state index < -0.39 is 5.76 Å². The molecule has 0 aliphatic heterocycles. The van der Waals surface area contributed by atoms with E-state index in [1.165, 1.54) is 0 Å². The maximum Gasteiger partial charge on any atom is 0.288 e. The van der Waals surface area contributed by atoms with Crippen molar-refractivity contribution in [1.82, 2.24) is 9.78 Å². The number of aliphatic hydroxyl groups is 1. The number of nitrogens with zero attached hydrogens (tertiary/aromatic N) is 2. The Balaban J connectivity index is 1.86. The second-order valence-corrected chi connectivity index (χ2v) is 5.16. The number of benzene rings is 1. The maximum atomic E-state index is 12.2. The zero-order valence-electron chi connectivity index (χ0n) is 10.7. The molecule has 0 radical (unpaired) electrons. The Labute approximate surface area is 119 Å². The Morgan fingerprint density at radius 1 is 1.30 bits per heavy atom. The molecule has 2 rings (SSSR count). The molecule has 1 heterocycles. The van der Waals surface area contributed by atoms with E-state index in [0.29, 0.717) is 29.7 Å². The number of hydrogen-bond acceptors (Lipinski definition) is 4. The number of rotatable bonds is 7. The summed E-state index contributed by atoms with van der Waals surface area (Å²) in [5, 5.41) is 16.1. The zero-order valence-corrected chi connectivity index (χ0v) is 11.5. The second-order valence-electron chi connectivity index (χ2n) is 4.09. The van der Waals surface area contributed by atoms with E-state index in [4.69, 9.17) is 5.11 Å². The van der Waals surface area contributed by atoms with Gasteiger partial charge in [-0.25, -0.2) is 0 Å². The average Bonchev–Trinajstić information content (AvgIpc) is 2.86. The molecule has 0 fully saturated rings. The van der Waals surface area contributed by atoms with Crippen molar-refractivity contribution in [3.8, 4) is 0 Å². The van der Waals surface area contributed by atoms with E-state index in [2.05, 4.69) is 10.4 Å². The molecule has 2 aromatic rings. The van der Waals surface area contributed by atoms with E-state index in [9.17, 15) is 8.78 Å².